The molecule has 20 heavy (non-hydrogen) atoms. The number of aryl methyl sites for hydroxylation is 1. The molecule has 0 atom stereocenters. The van der Waals surface area contributed by atoms with Gasteiger partial charge in [0.05, 0.1) is 0 Å². The van der Waals surface area contributed by atoms with Crippen molar-refractivity contribution >= 4 is 34.2 Å². The molecular formula is C15H22BrClN2O. The molecular weight excluding hydrogens is 340 g/mol. The van der Waals surface area contributed by atoms with Gasteiger partial charge in [0, 0.05) is 22.1 Å². The second kappa shape index (κ2) is 7.43. The Kier molecular flexibility index (Phi) is 6.49. The molecule has 0 aromatic heterocycles. The summed E-state index contributed by atoms with van der Waals surface area (Å²) in [5, 5.41) is 2.99. The van der Waals surface area contributed by atoms with Crippen LogP contribution in [-0.4, -0.2) is 18.0 Å². The summed E-state index contributed by atoms with van der Waals surface area (Å²) in [7, 11) is 0. The first kappa shape index (κ1) is 17.5. The lowest BCUT2D eigenvalue weighted by Crippen LogP contribution is -2.51. The van der Waals surface area contributed by atoms with Crippen LogP contribution in [0.15, 0.2) is 22.7 Å². The first-order chi connectivity index (χ1) is 9.00. The monoisotopic (exact) mass is 360 g/mol. The van der Waals surface area contributed by atoms with Crippen molar-refractivity contribution in [3.63, 3.8) is 0 Å². The molecule has 5 heteroatoms. The molecule has 112 valence electrons. The van der Waals surface area contributed by atoms with E-state index in [9.17, 15) is 4.79 Å². The Labute approximate surface area is 135 Å². The quantitative estimate of drug-likeness (QED) is 0.864. The number of nitrogens with one attached hydrogen (secondary N) is 1. The number of halogens is 2. The fourth-order valence-corrected chi connectivity index (χ4v) is 2.98. The van der Waals surface area contributed by atoms with Crippen LogP contribution in [0.2, 0.25) is 0 Å². The molecule has 1 aromatic rings. The number of rotatable bonds is 3. The van der Waals surface area contributed by atoms with E-state index in [0.29, 0.717) is 12.1 Å². The van der Waals surface area contributed by atoms with Gasteiger partial charge in [0.2, 0.25) is 0 Å². The third kappa shape index (κ3) is 4.47. The second-order valence-corrected chi connectivity index (χ2v) is 6.48. The minimum absolute atomic E-state index is 0. The summed E-state index contributed by atoms with van der Waals surface area (Å²) < 4.78 is 0.920. The molecule has 0 radical (unpaired) electrons. The molecule has 1 aromatic carbocycles. The number of benzene rings is 1. The fourth-order valence-electron chi connectivity index (χ4n) is 2.62. The molecule has 1 aliphatic rings. The van der Waals surface area contributed by atoms with E-state index in [-0.39, 0.29) is 23.9 Å². The van der Waals surface area contributed by atoms with Gasteiger partial charge < -0.3 is 11.1 Å². The lowest BCUT2D eigenvalue weighted by molar-refractivity contribution is 0.0937. The number of carbonyl (C=O) groups excluding carboxylic acids is 1. The van der Waals surface area contributed by atoms with Gasteiger partial charge in [-0.15, -0.1) is 12.4 Å². The van der Waals surface area contributed by atoms with E-state index in [1.807, 2.05) is 25.1 Å². The zero-order chi connectivity index (χ0) is 13.9. The third-order valence-corrected chi connectivity index (χ3v) is 4.39. The second-order valence-electron chi connectivity index (χ2n) is 5.56. The SMILES string of the molecule is Cc1ccc(Br)cc1C(=O)NCC1(N)CCCCC1.Cl. The Bertz CT molecular complexity index is 473. The van der Waals surface area contributed by atoms with Crippen molar-refractivity contribution in [1.82, 2.24) is 5.32 Å². The molecule has 1 fully saturated rings. The van der Waals surface area contributed by atoms with E-state index in [0.717, 1.165) is 22.9 Å². The molecule has 0 bridgehead atoms. The summed E-state index contributed by atoms with van der Waals surface area (Å²) in [6.07, 6.45) is 5.61. The largest absolute Gasteiger partial charge is 0.350 e. The highest BCUT2D eigenvalue weighted by molar-refractivity contribution is 9.10. The van der Waals surface area contributed by atoms with Crippen molar-refractivity contribution in [1.29, 1.82) is 0 Å². The van der Waals surface area contributed by atoms with Crippen molar-refractivity contribution in [3.05, 3.63) is 33.8 Å². The lowest BCUT2D eigenvalue weighted by atomic mass is 9.82. The molecule has 1 saturated carbocycles. The summed E-state index contributed by atoms with van der Waals surface area (Å²) in [5.74, 6) is -0.0331. The molecule has 0 aliphatic heterocycles. The van der Waals surface area contributed by atoms with E-state index in [1.165, 1.54) is 19.3 Å². The Hall–Kier alpha value is -0.580. The van der Waals surface area contributed by atoms with Gasteiger partial charge >= 0.3 is 0 Å². The predicted octanol–water partition coefficient (Wildman–Crippen LogP) is 3.57. The summed E-state index contributed by atoms with van der Waals surface area (Å²) in [4.78, 5) is 12.2. The number of hydrogen-bond acceptors (Lipinski definition) is 2. The molecule has 1 aliphatic carbocycles. The first-order valence-electron chi connectivity index (χ1n) is 6.83. The molecule has 3 N–H and O–H groups in total. The van der Waals surface area contributed by atoms with Gasteiger partial charge in [-0.1, -0.05) is 41.3 Å². The van der Waals surface area contributed by atoms with Gasteiger partial charge in [0.1, 0.15) is 0 Å². The van der Waals surface area contributed by atoms with Crippen molar-refractivity contribution in [2.45, 2.75) is 44.6 Å². The van der Waals surface area contributed by atoms with E-state index in [1.54, 1.807) is 0 Å². The Morgan fingerprint density at radius 1 is 1.35 bits per heavy atom. The molecule has 1 amide bonds. The lowest BCUT2D eigenvalue weighted by Gasteiger charge is -2.33. The minimum Gasteiger partial charge on any atom is -0.350 e. The van der Waals surface area contributed by atoms with Crippen LogP contribution in [-0.2, 0) is 0 Å². The molecule has 0 heterocycles. The van der Waals surface area contributed by atoms with E-state index >= 15 is 0 Å². The predicted molar refractivity (Wildman–Crippen MR) is 88.5 cm³/mol. The van der Waals surface area contributed by atoms with Crippen LogP contribution in [0.4, 0.5) is 0 Å². The average Bonchev–Trinajstić information content (AvgIpc) is 2.40. The summed E-state index contributed by atoms with van der Waals surface area (Å²) in [6, 6.07) is 5.74. The zero-order valence-corrected chi connectivity index (χ0v) is 14.1. The number of hydrogen-bond donors (Lipinski definition) is 2. The highest BCUT2D eigenvalue weighted by Crippen LogP contribution is 2.25. The molecule has 3 nitrogen and oxygen atoms in total. The van der Waals surface area contributed by atoms with Crippen LogP contribution >= 0.6 is 28.3 Å². The fraction of sp³-hybridized carbons (Fsp3) is 0.533. The van der Waals surface area contributed by atoms with Gasteiger partial charge in [-0.05, 0) is 37.5 Å². The van der Waals surface area contributed by atoms with Crippen molar-refractivity contribution < 1.29 is 4.79 Å². The maximum atomic E-state index is 12.2. The maximum Gasteiger partial charge on any atom is 0.251 e. The highest BCUT2D eigenvalue weighted by Gasteiger charge is 2.27. The molecule has 0 saturated heterocycles. The standard InChI is InChI=1S/C15H21BrN2O.ClH/c1-11-5-6-12(16)9-13(11)14(19)18-10-15(17)7-3-2-4-8-15;/h5-6,9H,2-4,7-8,10,17H2,1H3,(H,18,19);1H. The number of amides is 1. The molecule has 0 spiro atoms. The van der Waals surface area contributed by atoms with Crippen LogP contribution in [0.1, 0.15) is 48.0 Å². The third-order valence-electron chi connectivity index (χ3n) is 3.89. The Morgan fingerprint density at radius 2 is 2.00 bits per heavy atom. The van der Waals surface area contributed by atoms with Crippen molar-refractivity contribution in [2.24, 2.45) is 5.73 Å². The van der Waals surface area contributed by atoms with Gasteiger partial charge in [0.25, 0.3) is 5.91 Å². The van der Waals surface area contributed by atoms with Gasteiger partial charge in [-0.2, -0.15) is 0 Å². The van der Waals surface area contributed by atoms with Crippen LogP contribution in [0, 0.1) is 6.92 Å². The van der Waals surface area contributed by atoms with E-state index in [4.69, 9.17) is 5.73 Å². The smallest absolute Gasteiger partial charge is 0.251 e. The average molecular weight is 362 g/mol. The molecule has 0 unspecified atom stereocenters. The van der Waals surface area contributed by atoms with Crippen LogP contribution in [0.5, 0.6) is 0 Å². The summed E-state index contributed by atoms with van der Waals surface area (Å²) >= 11 is 3.40. The zero-order valence-electron chi connectivity index (χ0n) is 11.7. The van der Waals surface area contributed by atoms with Gasteiger partial charge in [-0.25, -0.2) is 0 Å². The number of nitrogens with two attached hydrogens (primary N) is 1. The number of carbonyl (C=O) groups is 1. The Morgan fingerprint density at radius 3 is 2.65 bits per heavy atom. The van der Waals surface area contributed by atoms with Crippen LogP contribution < -0.4 is 11.1 Å². The normalized spacial score (nSPS) is 17.1. The molecule has 2 rings (SSSR count). The minimum atomic E-state index is -0.214. The Balaban J connectivity index is 0.00000200. The van der Waals surface area contributed by atoms with Crippen molar-refractivity contribution in [3.8, 4) is 0 Å². The van der Waals surface area contributed by atoms with Crippen LogP contribution in [0.25, 0.3) is 0 Å². The van der Waals surface area contributed by atoms with Crippen molar-refractivity contribution in [2.75, 3.05) is 6.54 Å². The summed E-state index contributed by atoms with van der Waals surface area (Å²) in [6.45, 7) is 2.51. The van der Waals surface area contributed by atoms with E-state index in [2.05, 4.69) is 21.2 Å². The van der Waals surface area contributed by atoms with E-state index < -0.39 is 0 Å². The van der Waals surface area contributed by atoms with Crippen LogP contribution in [0.3, 0.4) is 0 Å². The van der Waals surface area contributed by atoms with Gasteiger partial charge in [0.15, 0.2) is 0 Å². The topological polar surface area (TPSA) is 55.1 Å². The first-order valence-corrected chi connectivity index (χ1v) is 7.63. The maximum absolute atomic E-state index is 12.2. The van der Waals surface area contributed by atoms with Gasteiger partial charge in [-0.3, -0.25) is 4.79 Å². The summed E-state index contributed by atoms with van der Waals surface area (Å²) in [5.41, 5.74) is 7.81. The highest BCUT2D eigenvalue weighted by atomic mass is 79.9.